The van der Waals surface area contributed by atoms with Crippen molar-refractivity contribution in [2.75, 3.05) is 18.4 Å². The summed E-state index contributed by atoms with van der Waals surface area (Å²) in [5.41, 5.74) is 2.08. The maximum absolute atomic E-state index is 12.8. The van der Waals surface area contributed by atoms with Gasteiger partial charge in [0.05, 0.1) is 17.3 Å². The molecule has 0 saturated carbocycles. The summed E-state index contributed by atoms with van der Waals surface area (Å²) < 4.78 is 27.3. The van der Waals surface area contributed by atoms with Gasteiger partial charge in [-0.3, -0.25) is 4.79 Å². The quantitative estimate of drug-likeness (QED) is 0.519. The Kier molecular flexibility index (Phi) is 6.55. The maximum atomic E-state index is 12.8. The van der Waals surface area contributed by atoms with Crippen molar-refractivity contribution in [1.29, 1.82) is 0 Å². The number of nitrogens with one attached hydrogen (secondary N) is 1. The molecule has 0 spiro atoms. The van der Waals surface area contributed by atoms with Crippen LogP contribution in [0.15, 0.2) is 86.5 Å². The second-order valence-corrected chi connectivity index (χ2v) is 10.3. The standard InChI is InChI=1S/C22H22N4O3S2/c27-22(17-6-4-14-26(16-17)31(28,29)21-9-5-15-30-21)23-18-10-12-20(13-11-18)25-24-19-7-2-1-3-8-19/h1-3,5,7-13,15,17H,4,6,14,16H2,(H,23,27). The molecule has 1 unspecified atom stereocenters. The number of hydrogen-bond acceptors (Lipinski definition) is 6. The minimum absolute atomic E-state index is 0.176. The number of amides is 1. The highest BCUT2D eigenvalue weighted by molar-refractivity contribution is 7.91. The Morgan fingerprint density at radius 1 is 0.968 bits per heavy atom. The molecule has 1 aliphatic rings. The molecule has 1 amide bonds. The van der Waals surface area contributed by atoms with E-state index in [0.29, 0.717) is 35.0 Å². The number of thiophene rings is 1. The predicted molar refractivity (Wildman–Crippen MR) is 121 cm³/mol. The molecule has 4 rings (SSSR count). The largest absolute Gasteiger partial charge is 0.326 e. The Hall–Kier alpha value is -2.88. The third kappa shape index (κ3) is 5.25. The van der Waals surface area contributed by atoms with Crippen molar-refractivity contribution in [3.05, 3.63) is 72.1 Å². The van der Waals surface area contributed by atoms with Gasteiger partial charge in [-0.15, -0.1) is 11.3 Å². The zero-order valence-corrected chi connectivity index (χ0v) is 18.3. The van der Waals surface area contributed by atoms with Crippen LogP contribution in [0.4, 0.5) is 17.1 Å². The molecule has 7 nitrogen and oxygen atoms in total. The Labute approximate surface area is 185 Å². The van der Waals surface area contributed by atoms with E-state index in [1.807, 2.05) is 30.3 Å². The van der Waals surface area contributed by atoms with Crippen LogP contribution in [0.5, 0.6) is 0 Å². The first-order valence-corrected chi connectivity index (χ1v) is 12.3. The maximum Gasteiger partial charge on any atom is 0.252 e. The monoisotopic (exact) mass is 454 g/mol. The molecule has 160 valence electrons. The predicted octanol–water partition coefficient (Wildman–Crippen LogP) is 5.20. The molecule has 1 atom stereocenters. The molecule has 2 heterocycles. The average Bonchev–Trinajstić information content (AvgIpc) is 3.35. The zero-order chi connectivity index (χ0) is 21.7. The third-order valence-corrected chi connectivity index (χ3v) is 8.25. The van der Waals surface area contributed by atoms with Crippen molar-refractivity contribution in [1.82, 2.24) is 4.31 Å². The molecule has 0 radical (unpaired) electrons. The van der Waals surface area contributed by atoms with Gasteiger partial charge in [0.15, 0.2) is 0 Å². The van der Waals surface area contributed by atoms with Crippen molar-refractivity contribution in [2.24, 2.45) is 16.1 Å². The van der Waals surface area contributed by atoms with E-state index < -0.39 is 10.0 Å². The number of nitrogens with zero attached hydrogens (tertiary/aromatic N) is 3. The van der Waals surface area contributed by atoms with E-state index >= 15 is 0 Å². The van der Waals surface area contributed by atoms with E-state index in [0.717, 1.165) is 5.69 Å². The number of rotatable bonds is 6. The van der Waals surface area contributed by atoms with Crippen LogP contribution in [0, 0.1) is 5.92 Å². The smallest absolute Gasteiger partial charge is 0.252 e. The summed E-state index contributed by atoms with van der Waals surface area (Å²) >= 11 is 1.19. The summed E-state index contributed by atoms with van der Waals surface area (Å²) in [6, 6.07) is 19.8. The fraction of sp³-hybridized carbons (Fsp3) is 0.227. The topological polar surface area (TPSA) is 91.2 Å². The van der Waals surface area contributed by atoms with Crippen LogP contribution >= 0.6 is 11.3 Å². The van der Waals surface area contributed by atoms with Gasteiger partial charge in [-0.25, -0.2) is 8.42 Å². The normalized spacial score (nSPS) is 17.6. The number of carbonyl (C=O) groups is 1. The Morgan fingerprint density at radius 3 is 2.35 bits per heavy atom. The van der Waals surface area contributed by atoms with Crippen LogP contribution in [0.25, 0.3) is 0 Å². The van der Waals surface area contributed by atoms with Crippen molar-refractivity contribution < 1.29 is 13.2 Å². The molecule has 2 aromatic carbocycles. The molecule has 0 aliphatic carbocycles. The van der Waals surface area contributed by atoms with Crippen LogP contribution in [0.1, 0.15) is 12.8 Å². The molecule has 1 aromatic heterocycles. The highest BCUT2D eigenvalue weighted by Gasteiger charge is 2.33. The Balaban J connectivity index is 1.37. The first-order valence-electron chi connectivity index (χ1n) is 9.94. The molecule has 0 bridgehead atoms. The second-order valence-electron chi connectivity index (χ2n) is 7.21. The van der Waals surface area contributed by atoms with E-state index in [1.165, 1.54) is 15.6 Å². The second kappa shape index (κ2) is 9.51. The van der Waals surface area contributed by atoms with Crippen LogP contribution < -0.4 is 5.32 Å². The number of sulfonamides is 1. The molecule has 9 heteroatoms. The lowest BCUT2D eigenvalue weighted by atomic mass is 9.98. The lowest BCUT2D eigenvalue weighted by Crippen LogP contribution is -2.43. The van der Waals surface area contributed by atoms with Gasteiger partial charge >= 0.3 is 0 Å². The first kappa shape index (κ1) is 21.4. The average molecular weight is 455 g/mol. The minimum atomic E-state index is -3.54. The lowest BCUT2D eigenvalue weighted by molar-refractivity contribution is -0.120. The van der Waals surface area contributed by atoms with Crippen molar-refractivity contribution in [2.45, 2.75) is 17.1 Å². The molecular weight excluding hydrogens is 432 g/mol. The van der Waals surface area contributed by atoms with E-state index in [2.05, 4.69) is 15.5 Å². The third-order valence-electron chi connectivity index (χ3n) is 5.02. The number of piperidine rings is 1. The number of benzene rings is 2. The van der Waals surface area contributed by atoms with Gasteiger partial charge in [0.1, 0.15) is 4.21 Å². The molecular formula is C22H22N4O3S2. The summed E-state index contributed by atoms with van der Waals surface area (Å²) in [5.74, 6) is -0.564. The molecule has 31 heavy (non-hydrogen) atoms. The van der Waals surface area contributed by atoms with Gasteiger partial charge in [-0.1, -0.05) is 24.3 Å². The highest BCUT2D eigenvalue weighted by atomic mass is 32.2. The summed E-state index contributed by atoms with van der Waals surface area (Å²) in [7, 11) is -3.54. The summed E-state index contributed by atoms with van der Waals surface area (Å²) in [4.78, 5) is 12.8. The molecule has 3 aromatic rings. The van der Waals surface area contributed by atoms with Crippen molar-refractivity contribution >= 4 is 44.3 Å². The van der Waals surface area contributed by atoms with Crippen molar-refractivity contribution in [3.8, 4) is 0 Å². The van der Waals surface area contributed by atoms with Gasteiger partial charge in [0, 0.05) is 18.8 Å². The lowest BCUT2D eigenvalue weighted by Gasteiger charge is -2.30. The van der Waals surface area contributed by atoms with Crippen molar-refractivity contribution in [3.63, 3.8) is 0 Å². The van der Waals surface area contributed by atoms with Crippen LogP contribution in [-0.4, -0.2) is 31.7 Å². The SMILES string of the molecule is O=C(Nc1ccc(N=Nc2ccccc2)cc1)C1CCCN(S(=O)(=O)c2cccs2)C1. The number of hydrogen-bond donors (Lipinski definition) is 1. The van der Waals surface area contributed by atoms with Crippen LogP contribution in [0.2, 0.25) is 0 Å². The zero-order valence-electron chi connectivity index (χ0n) is 16.7. The van der Waals surface area contributed by atoms with E-state index in [4.69, 9.17) is 0 Å². The van der Waals surface area contributed by atoms with Crippen LogP contribution in [0.3, 0.4) is 0 Å². The van der Waals surface area contributed by atoms with E-state index in [9.17, 15) is 13.2 Å². The number of carbonyl (C=O) groups excluding carboxylic acids is 1. The summed E-state index contributed by atoms with van der Waals surface area (Å²) in [6.45, 7) is 0.626. The van der Waals surface area contributed by atoms with E-state index in [1.54, 1.807) is 41.8 Å². The van der Waals surface area contributed by atoms with Crippen LogP contribution in [-0.2, 0) is 14.8 Å². The summed E-state index contributed by atoms with van der Waals surface area (Å²) in [5, 5.41) is 13.0. The van der Waals surface area contributed by atoms with Gasteiger partial charge in [0.25, 0.3) is 10.0 Å². The van der Waals surface area contributed by atoms with Gasteiger partial charge in [-0.05, 0) is 60.7 Å². The summed E-state index contributed by atoms with van der Waals surface area (Å²) in [6.07, 6.45) is 1.31. The highest BCUT2D eigenvalue weighted by Crippen LogP contribution is 2.27. The van der Waals surface area contributed by atoms with E-state index in [-0.39, 0.29) is 18.4 Å². The number of anilines is 1. The first-order chi connectivity index (χ1) is 15.0. The van der Waals surface area contributed by atoms with Gasteiger partial charge < -0.3 is 5.32 Å². The van der Waals surface area contributed by atoms with Gasteiger partial charge in [0.2, 0.25) is 5.91 Å². The minimum Gasteiger partial charge on any atom is -0.326 e. The molecule has 1 saturated heterocycles. The Morgan fingerprint density at radius 2 is 1.68 bits per heavy atom. The molecule has 1 N–H and O–H groups in total. The fourth-order valence-corrected chi connectivity index (χ4v) is 6.05. The fourth-order valence-electron chi connectivity index (χ4n) is 3.38. The Bertz CT molecular complexity index is 1150. The number of azo groups is 1. The molecule has 1 aliphatic heterocycles. The van der Waals surface area contributed by atoms with Gasteiger partial charge in [-0.2, -0.15) is 14.5 Å². The molecule has 1 fully saturated rings.